The van der Waals surface area contributed by atoms with Crippen molar-refractivity contribution in [2.45, 2.75) is 12.5 Å². The maximum Gasteiger partial charge on any atom is 0.258 e. The third-order valence-corrected chi connectivity index (χ3v) is 4.89. The van der Waals surface area contributed by atoms with E-state index in [2.05, 4.69) is 20.7 Å². The van der Waals surface area contributed by atoms with Crippen molar-refractivity contribution in [2.75, 3.05) is 32.0 Å². The summed E-state index contributed by atoms with van der Waals surface area (Å²) in [5, 5.41) is 9.74. The highest BCUT2D eigenvalue weighted by Gasteiger charge is 2.29. The first kappa shape index (κ1) is 20.2. The van der Waals surface area contributed by atoms with E-state index in [1.165, 1.54) is 33.5 Å². The van der Waals surface area contributed by atoms with Gasteiger partial charge in [-0.25, -0.2) is 4.68 Å². The highest BCUT2D eigenvalue weighted by atomic mass is 16.5. The molecule has 10 heteroatoms. The van der Waals surface area contributed by atoms with E-state index in [1.54, 1.807) is 4.68 Å². The predicted octanol–water partition coefficient (Wildman–Crippen LogP) is 2.49. The Morgan fingerprint density at radius 3 is 2.39 bits per heavy atom. The van der Waals surface area contributed by atoms with Crippen LogP contribution in [0.5, 0.6) is 17.2 Å². The molecule has 1 aromatic heterocycles. The number of anilines is 2. The Balaban J connectivity index is 1.63. The lowest BCUT2D eigenvalue weighted by atomic mass is 10.0. The van der Waals surface area contributed by atoms with Gasteiger partial charge >= 0.3 is 0 Å². The standard InChI is InChI=1S/C21H21N5O5/c1-29-15-9-13(10-16(30-2)18(15)31-3)19(28)23-20-24-21-22-17(27)11-14(26(21)25-20)12-7-5-4-6-8-12/h4-10,14H,11H2,1-3H3,(H2,22,23,24,25,27,28)/t14-/m0/s1. The molecule has 0 aliphatic carbocycles. The minimum atomic E-state index is -0.468. The van der Waals surface area contributed by atoms with Crippen molar-refractivity contribution in [1.29, 1.82) is 0 Å². The molecule has 2 heterocycles. The highest BCUT2D eigenvalue weighted by molar-refractivity contribution is 6.04. The average Bonchev–Trinajstić information content (AvgIpc) is 3.19. The van der Waals surface area contributed by atoms with Gasteiger partial charge in [-0.15, -0.1) is 5.10 Å². The van der Waals surface area contributed by atoms with Gasteiger partial charge in [0.2, 0.25) is 17.6 Å². The maximum atomic E-state index is 12.8. The molecule has 0 radical (unpaired) electrons. The normalized spacial score (nSPS) is 14.9. The molecular weight excluding hydrogens is 402 g/mol. The van der Waals surface area contributed by atoms with Gasteiger partial charge in [-0.3, -0.25) is 20.2 Å². The zero-order valence-corrected chi connectivity index (χ0v) is 17.2. The minimum Gasteiger partial charge on any atom is -0.493 e. The third-order valence-electron chi connectivity index (χ3n) is 4.89. The van der Waals surface area contributed by atoms with Crippen LogP contribution in [0.1, 0.15) is 28.4 Å². The van der Waals surface area contributed by atoms with Crippen molar-refractivity contribution < 1.29 is 23.8 Å². The lowest BCUT2D eigenvalue weighted by molar-refractivity contribution is -0.117. The van der Waals surface area contributed by atoms with Gasteiger partial charge in [0, 0.05) is 5.56 Å². The highest BCUT2D eigenvalue weighted by Crippen LogP contribution is 2.38. The van der Waals surface area contributed by atoms with Gasteiger partial charge in [0.15, 0.2) is 11.5 Å². The SMILES string of the molecule is COc1cc(C(=O)Nc2nc3n(n2)[C@H](c2ccccc2)CC(=O)N3)cc(OC)c1OC. The van der Waals surface area contributed by atoms with E-state index in [0.717, 1.165) is 5.56 Å². The van der Waals surface area contributed by atoms with Crippen LogP contribution >= 0.6 is 0 Å². The third kappa shape index (κ3) is 3.87. The second-order valence-corrected chi connectivity index (χ2v) is 6.75. The predicted molar refractivity (Wildman–Crippen MR) is 112 cm³/mol. The van der Waals surface area contributed by atoms with Crippen LogP contribution in [0.15, 0.2) is 42.5 Å². The van der Waals surface area contributed by atoms with Gasteiger partial charge in [-0.1, -0.05) is 30.3 Å². The largest absolute Gasteiger partial charge is 0.493 e. The molecule has 2 aromatic carbocycles. The number of methoxy groups -OCH3 is 3. The average molecular weight is 423 g/mol. The molecule has 0 bridgehead atoms. The van der Waals surface area contributed by atoms with Gasteiger partial charge in [-0.05, 0) is 17.7 Å². The van der Waals surface area contributed by atoms with Gasteiger partial charge < -0.3 is 14.2 Å². The molecule has 1 atom stereocenters. The Kier molecular flexibility index (Phi) is 5.44. The van der Waals surface area contributed by atoms with Crippen molar-refractivity contribution >= 4 is 23.7 Å². The number of carbonyl (C=O) groups excluding carboxylic acids is 2. The molecule has 0 unspecified atom stereocenters. The second-order valence-electron chi connectivity index (χ2n) is 6.75. The lowest BCUT2D eigenvalue weighted by Gasteiger charge is -2.23. The summed E-state index contributed by atoms with van der Waals surface area (Å²) >= 11 is 0. The molecule has 160 valence electrons. The van der Waals surface area contributed by atoms with E-state index in [0.29, 0.717) is 17.2 Å². The molecule has 1 aliphatic heterocycles. The van der Waals surface area contributed by atoms with E-state index in [1.807, 2.05) is 30.3 Å². The van der Waals surface area contributed by atoms with Crippen LogP contribution in [-0.4, -0.2) is 47.9 Å². The number of benzene rings is 2. The van der Waals surface area contributed by atoms with Gasteiger partial charge in [-0.2, -0.15) is 4.98 Å². The molecule has 0 saturated heterocycles. The van der Waals surface area contributed by atoms with E-state index in [9.17, 15) is 9.59 Å². The Morgan fingerprint density at radius 1 is 1.10 bits per heavy atom. The molecule has 0 spiro atoms. The number of hydrogen-bond donors (Lipinski definition) is 2. The molecule has 4 rings (SSSR count). The molecule has 2 amide bonds. The van der Waals surface area contributed by atoms with Crippen LogP contribution in [-0.2, 0) is 4.79 Å². The molecule has 0 fully saturated rings. The number of aromatic nitrogens is 3. The minimum absolute atomic E-state index is 0.0666. The van der Waals surface area contributed by atoms with Crippen molar-refractivity contribution in [2.24, 2.45) is 0 Å². The van der Waals surface area contributed by atoms with Crippen molar-refractivity contribution in [3.05, 3.63) is 53.6 Å². The Bertz CT molecular complexity index is 1100. The molecule has 31 heavy (non-hydrogen) atoms. The first-order valence-corrected chi connectivity index (χ1v) is 9.46. The molecule has 10 nitrogen and oxygen atoms in total. The van der Waals surface area contributed by atoms with Crippen molar-refractivity contribution in [1.82, 2.24) is 14.8 Å². The van der Waals surface area contributed by atoms with E-state index >= 15 is 0 Å². The summed E-state index contributed by atoms with van der Waals surface area (Å²) in [6, 6.07) is 12.3. The van der Waals surface area contributed by atoms with Crippen molar-refractivity contribution in [3.63, 3.8) is 0 Å². The van der Waals surface area contributed by atoms with E-state index in [-0.39, 0.29) is 35.8 Å². The smallest absolute Gasteiger partial charge is 0.258 e. The number of ether oxygens (including phenoxy) is 3. The summed E-state index contributed by atoms with van der Waals surface area (Å²) in [5.41, 5.74) is 1.19. The number of fused-ring (bicyclic) bond motifs is 1. The molecular formula is C21H21N5O5. The quantitative estimate of drug-likeness (QED) is 0.626. The first-order valence-electron chi connectivity index (χ1n) is 9.46. The zero-order valence-electron chi connectivity index (χ0n) is 17.2. The molecule has 3 aromatic rings. The lowest BCUT2D eigenvalue weighted by Crippen LogP contribution is -2.29. The molecule has 0 saturated carbocycles. The Labute approximate surface area is 178 Å². The fraction of sp³-hybridized carbons (Fsp3) is 0.238. The van der Waals surface area contributed by atoms with Crippen LogP contribution in [0.3, 0.4) is 0 Å². The number of rotatable bonds is 6. The summed E-state index contributed by atoms with van der Waals surface area (Å²) < 4.78 is 17.5. The number of nitrogens with zero attached hydrogens (tertiary/aromatic N) is 3. The van der Waals surface area contributed by atoms with Crippen LogP contribution in [0.2, 0.25) is 0 Å². The van der Waals surface area contributed by atoms with Crippen LogP contribution in [0.4, 0.5) is 11.9 Å². The number of hydrogen-bond acceptors (Lipinski definition) is 7. The monoisotopic (exact) mass is 423 g/mol. The second kappa shape index (κ2) is 8.34. The summed E-state index contributed by atoms with van der Waals surface area (Å²) in [6.07, 6.45) is 0.223. The van der Waals surface area contributed by atoms with Crippen LogP contribution < -0.4 is 24.8 Å². The zero-order chi connectivity index (χ0) is 22.0. The van der Waals surface area contributed by atoms with Gasteiger partial charge in [0.1, 0.15) is 0 Å². The van der Waals surface area contributed by atoms with Crippen LogP contribution in [0.25, 0.3) is 0 Å². The van der Waals surface area contributed by atoms with Crippen LogP contribution in [0, 0.1) is 0 Å². The van der Waals surface area contributed by atoms with Crippen molar-refractivity contribution in [3.8, 4) is 17.2 Å². The summed E-state index contributed by atoms with van der Waals surface area (Å²) in [6.45, 7) is 0. The molecule has 1 aliphatic rings. The number of nitrogens with one attached hydrogen (secondary N) is 2. The Morgan fingerprint density at radius 2 is 1.77 bits per heavy atom. The topological polar surface area (TPSA) is 117 Å². The fourth-order valence-corrected chi connectivity index (χ4v) is 3.44. The summed E-state index contributed by atoms with van der Waals surface area (Å²) in [4.78, 5) is 29.2. The number of amides is 2. The van der Waals surface area contributed by atoms with Gasteiger partial charge in [0.25, 0.3) is 11.9 Å². The fourth-order valence-electron chi connectivity index (χ4n) is 3.44. The first-order chi connectivity index (χ1) is 15.0. The Hall–Kier alpha value is -4.08. The van der Waals surface area contributed by atoms with Gasteiger partial charge in [0.05, 0.1) is 33.8 Å². The summed E-state index contributed by atoms with van der Waals surface area (Å²) in [7, 11) is 4.42. The summed E-state index contributed by atoms with van der Waals surface area (Å²) in [5.74, 6) is 0.773. The maximum absolute atomic E-state index is 12.8. The van der Waals surface area contributed by atoms with E-state index < -0.39 is 5.91 Å². The van der Waals surface area contributed by atoms with E-state index in [4.69, 9.17) is 14.2 Å². The number of carbonyl (C=O) groups is 2. The molecule has 2 N–H and O–H groups in total.